The Bertz CT molecular complexity index is 809. The van der Waals surface area contributed by atoms with Crippen molar-refractivity contribution in [3.63, 3.8) is 0 Å². The van der Waals surface area contributed by atoms with Crippen molar-refractivity contribution in [2.45, 2.75) is 30.4 Å². The number of alkyl halides is 6. The minimum absolute atomic E-state index is 0.0174. The van der Waals surface area contributed by atoms with Crippen LogP contribution in [0, 0.1) is 11.3 Å². The van der Waals surface area contributed by atoms with Crippen molar-refractivity contribution >= 4 is 20.0 Å². The van der Waals surface area contributed by atoms with E-state index in [4.69, 9.17) is 5.26 Å². The van der Waals surface area contributed by atoms with Gasteiger partial charge in [0.1, 0.15) is 18.5 Å². The molecular weight excluding hydrogens is 418 g/mol. The molecule has 0 saturated heterocycles. The maximum atomic E-state index is 11.4. The van der Waals surface area contributed by atoms with Gasteiger partial charge < -0.3 is 4.13 Å². The van der Waals surface area contributed by atoms with Crippen LogP contribution in [-0.4, -0.2) is 32.4 Å². The Labute approximate surface area is 144 Å². The normalized spacial score (nSPS) is 14.1. The van der Waals surface area contributed by atoms with Gasteiger partial charge in [0.25, 0.3) is 0 Å². The Morgan fingerprint density at radius 3 is 1.77 bits per heavy atom. The molecule has 1 atom stereocenters. The van der Waals surface area contributed by atoms with Crippen LogP contribution in [0.15, 0.2) is 18.7 Å². The van der Waals surface area contributed by atoms with E-state index in [0.717, 1.165) is 10.5 Å². The van der Waals surface area contributed by atoms with E-state index < -0.39 is 31.1 Å². The summed E-state index contributed by atoms with van der Waals surface area (Å²) in [6.07, 6.45) is 6.61. The van der Waals surface area contributed by atoms with Crippen molar-refractivity contribution in [2.24, 2.45) is 7.05 Å². The van der Waals surface area contributed by atoms with E-state index in [9.17, 15) is 43.2 Å². The fraction of sp³-hybridized carbons (Fsp3) is 0.600. The summed E-state index contributed by atoms with van der Waals surface area (Å²) in [5, 5.41) is 8.71. The fourth-order valence-electron chi connectivity index (χ4n) is 1.24. The number of halogens is 6. The second kappa shape index (κ2) is 8.22. The third-order valence-corrected chi connectivity index (χ3v) is 5.21. The van der Waals surface area contributed by atoms with Crippen molar-refractivity contribution < 1.29 is 47.7 Å². The van der Waals surface area contributed by atoms with Crippen LogP contribution in [0.4, 0.5) is 26.3 Å². The number of sulfonamides is 2. The van der Waals surface area contributed by atoms with Gasteiger partial charge in [-0.05, 0) is 6.42 Å². The molecule has 0 spiro atoms. The molecule has 1 unspecified atom stereocenters. The van der Waals surface area contributed by atoms with Gasteiger partial charge in [-0.3, -0.25) is 0 Å². The smallest absolute Gasteiger partial charge is 0.421 e. The highest BCUT2D eigenvalue weighted by molar-refractivity contribution is 8.13. The van der Waals surface area contributed by atoms with Crippen LogP contribution < -0.4 is 4.57 Å². The van der Waals surface area contributed by atoms with E-state index in [1.165, 1.54) is 0 Å². The first-order valence-corrected chi connectivity index (χ1v) is 9.15. The average molecular weight is 430 g/mol. The summed E-state index contributed by atoms with van der Waals surface area (Å²) >= 11 is 0. The van der Waals surface area contributed by atoms with Gasteiger partial charge in [0, 0.05) is 0 Å². The Kier molecular flexibility index (Phi) is 7.63. The van der Waals surface area contributed by atoms with Crippen LogP contribution in [-0.2, 0) is 27.1 Å². The molecule has 0 amide bonds. The second-order valence-corrected chi connectivity index (χ2v) is 7.92. The molecular formula is C10H12F6N4O4S2. The molecule has 150 valence electrons. The third-order valence-electron chi connectivity index (χ3n) is 2.47. The lowest BCUT2D eigenvalue weighted by Gasteiger charge is -2.22. The predicted molar refractivity (Wildman–Crippen MR) is 73.9 cm³/mol. The molecule has 0 aromatic carbocycles. The molecule has 1 aromatic rings. The quantitative estimate of drug-likeness (QED) is 0.534. The molecule has 1 heterocycles. The van der Waals surface area contributed by atoms with Gasteiger partial charge in [-0.2, -0.15) is 31.6 Å². The lowest BCUT2D eigenvalue weighted by atomic mass is 10.2. The van der Waals surface area contributed by atoms with Crippen molar-refractivity contribution in [2.75, 3.05) is 0 Å². The molecule has 0 fully saturated rings. The summed E-state index contributed by atoms with van der Waals surface area (Å²) in [4.78, 5) is 0. The lowest BCUT2D eigenvalue weighted by molar-refractivity contribution is -0.671. The van der Waals surface area contributed by atoms with Crippen molar-refractivity contribution in [1.82, 2.24) is 4.57 Å². The average Bonchev–Trinajstić information content (AvgIpc) is 2.84. The first kappa shape index (κ1) is 24.1. The number of hydrogen-bond acceptors (Lipinski definition) is 5. The zero-order chi connectivity index (χ0) is 21.0. The monoisotopic (exact) mass is 430 g/mol. The first-order chi connectivity index (χ1) is 11.5. The molecule has 1 rings (SSSR count). The van der Waals surface area contributed by atoms with E-state index in [1.54, 1.807) is 0 Å². The highest BCUT2D eigenvalue weighted by Gasteiger charge is 2.46. The molecule has 16 heteroatoms. The molecule has 0 N–H and O–H groups in total. The number of aryl methyl sites for hydroxylation is 1. The minimum Gasteiger partial charge on any atom is -0.421 e. The Morgan fingerprint density at radius 2 is 1.54 bits per heavy atom. The minimum atomic E-state index is -6.72. The number of hydrogen-bond donors (Lipinski definition) is 0. The van der Waals surface area contributed by atoms with Gasteiger partial charge >= 0.3 is 11.0 Å². The van der Waals surface area contributed by atoms with Crippen molar-refractivity contribution in [1.29, 1.82) is 5.26 Å². The summed E-state index contributed by atoms with van der Waals surface area (Å²) in [6.45, 7) is 2.01. The topological polar surface area (TPSA) is 115 Å². The van der Waals surface area contributed by atoms with Gasteiger partial charge in [-0.15, -0.1) is 0 Å². The number of aromatic nitrogens is 2. The number of nitrogens with zero attached hydrogens (tertiary/aromatic N) is 4. The van der Waals surface area contributed by atoms with E-state index in [1.807, 2.05) is 41.8 Å². The zero-order valence-corrected chi connectivity index (χ0v) is 14.7. The maximum Gasteiger partial charge on any atom is 0.480 e. The van der Waals surface area contributed by atoms with Gasteiger partial charge in [0.05, 0.1) is 7.05 Å². The highest BCUT2D eigenvalue weighted by Crippen LogP contribution is 2.36. The van der Waals surface area contributed by atoms with E-state index in [-0.39, 0.29) is 6.04 Å². The second-order valence-electron chi connectivity index (χ2n) is 4.50. The van der Waals surface area contributed by atoms with E-state index in [0.29, 0.717) is 0 Å². The number of imidazole rings is 1. The molecule has 26 heavy (non-hydrogen) atoms. The summed E-state index contributed by atoms with van der Waals surface area (Å²) in [6, 6.07) is 2.21. The molecule has 0 aliphatic carbocycles. The molecule has 0 bridgehead atoms. The molecule has 0 aliphatic rings. The molecule has 1 aromatic heterocycles. The van der Waals surface area contributed by atoms with Crippen LogP contribution in [0.5, 0.6) is 0 Å². The Balaban J connectivity index is 0.000000502. The van der Waals surface area contributed by atoms with Crippen molar-refractivity contribution in [3.8, 4) is 6.07 Å². The first-order valence-electron chi connectivity index (χ1n) is 6.27. The zero-order valence-electron chi connectivity index (χ0n) is 13.0. The van der Waals surface area contributed by atoms with Crippen LogP contribution in [0.25, 0.3) is 4.13 Å². The highest BCUT2D eigenvalue weighted by atomic mass is 32.3. The van der Waals surface area contributed by atoms with Gasteiger partial charge in [0.2, 0.25) is 6.33 Å². The summed E-state index contributed by atoms with van der Waals surface area (Å²) in [7, 11) is -11.5. The summed E-state index contributed by atoms with van der Waals surface area (Å²) < 4.78 is 113. The van der Waals surface area contributed by atoms with E-state index in [2.05, 4.69) is 6.07 Å². The third kappa shape index (κ3) is 6.46. The molecule has 0 radical (unpaired) electrons. The van der Waals surface area contributed by atoms with Gasteiger partial charge in [-0.25, -0.2) is 26.0 Å². The van der Waals surface area contributed by atoms with Crippen LogP contribution in [0.2, 0.25) is 0 Å². The van der Waals surface area contributed by atoms with Crippen LogP contribution in [0.1, 0.15) is 19.4 Å². The predicted octanol–water partition coefficient (Wildman–Crippen LogP) is 1.85. The SMILES string of the molecule is CCC(C#N)n1cc[n+](C)c1.O=S(=O)([N-]S(=O)(=O)C(F)(F)F)C(F)(F)F. The molecule has 8 nitrogen and oxygen atoms in total. The lowest BCUT2D eigenvalue weighted by Crippen LogP contribution is -2.30. The van der Waals surface area contributed by atoms with Crippen molar-refractivity contribution in [3.05, 3.63) is 22.8 Å². The standard InChI is InChI=1S/C8H12N3.C2F6NO4S2/c1-3-8(6-9)11-5-4-10(2)7-11;3-1(4,5)14(10,11)9-15(12,13)2(6,7)8/h4-5,7-8H,3H2,1-2H3;/q+1;-1. The maximum absolute atomic E-state index is 11.4. The van der Waals surface area contributed by atoms with Crippen LogP contribution >= 0.6 is 0 Å². The molecule has 0 aliphatic heterocycles. The van der Waals surface area contributed by atoms with E-state index >= 15 is 0 Å². The van der Waals surface area contributed by atoms with Crippen LogP contribution in [0.3, 0.4) is 0 Å². The fourth-order valence-corrected chi connectivity index (χ4v) is 2.95. The van der Waals surface area contributed by atoms with Gasteiger partial charge in [-0.1, -0.05) is 6.92 Å². The molecule has 0 saturated carbocycles. The summed E-state index contributed by atoms with van der Waals surface area (Å²) in [5.41, 5.74) is -12.4. The number of rotatable bonds is 4. The Hall–Kier alpha value is -1.86. The summed E-state index contributed by atoms with van der Waals surface area (Å²) in [5.74, 6) is 0. The Morgan fingerprint density at radius 1 is 1.12 bits per heavy atom. The van der Waals surface area contributed by atoms with Gasteiger partial charge in [0.15, 0.2) is 26.1 Å². The number of nitriles is 1. The largest absolute Gasteiger partial charge is 0.480 e.